The molecule has 3 unspecified atom stereocenters. The first-order valence-corrected chi connectivity index (χ1v) is 5.71. The van der Waals surface area contributed by atoms with Crippen molar-refractivity contribution in [3.8, 4) is 0 Å². The molecule has 3 atom stereocenters. The maximum Gasteiger partial charge on any atom is 0.0639 e. The summed E-state index contributed by atoms with van der Waals surface area (Å²) in [6.07, 6.45) is 7.91. The van der Waals surface area contributed by atoms with Gasteiger partial charge in [-0.05, 0) is 17.9 Å². The van der Waals surface area contributed by atoms with Crippen LogP contribution in [0.1, 0.15) is 12.8 Å². The van der Waals surface area contributed by atoms with E-state index < -0.39 is 0 Å². The summed E-state index contributed by atoms with van der Waals surface area (Å²) in [6, 6.07) is 0. The molecule has 0 amide bonds. The van der Waals surface area contributed by atoms with Crippen LogP contribution in [0.2, 0.25) is 11.6 Å². The minimum Gasteiger partial charge on any atom is -0.381 e. The van der Waals surface area contributed by atoms with Crippen molar-refractivity contribution in [3.63, 3.8) is 0 Å². The van der Waals surface area contributed by atoms with Crippen molar-refractivity contribution in [2.24, 2.45) is 5.92 Å². The van der Waals surface area contributed by atoms with Crippen LogP contribution in [0.3, 0.4) is 0 Å². The van der Waals surface area contributed by atoms with Crippen molar-refractivity contribution in [2.75, 3.05) is 7.11 Å². The molecule has 2 heteroatoms. The smallest absolute Gasteiger partial charge is 0.0639 e. The largest absolute Gasteiger partial charge is 0.381 e. The molecule has 2 aliphatic carbocycles. The van der Waals surface area contributed by atoms with E-state index in [-0.39, 0.29) is 0 Å². The highest BCUT2D eigenvalue weighted by Crippen LogP contribution is 2.54. The lowest BCUT2D eigenvalue weighted by molar-refractivity contribution is 0.0829. The summed E-state index contributed by atoms with van der Waals surface area (Å²) in [5, 5.41) is 0.547. The Morgan fingerprint density at radius 2 is 2.36 bits per heavy atom. The Morgan fingerprint density at radius 3 is 2.82 bits per heavy atom. The van der Waals surface area contributed by atoms with E-state index in [1.165, 1.54) is 12.8 Å². The number of methoxy groups -OCH3 is 1. The SMILES string of the molecule is COC1CC2([Si]C)C=CC1C2. The summed E-state index contributed by atoms with van der Waals surface area (Å²) in [7, 11) is 2.88. The molecule has 0 heterocycles. The van der Waals surface area contributed by atoms with Crippen molar-refractivity contribution < 1.29 is 4.74 Å². The monoisotopic (exact) mass is 166 g/mol. The van der Waals surface area contributed by atoms with E-state index in [0.717, 1.165) is 15.4 Å². The molecular weight excluding hydrogens is 152 g/mol. The average molecular weight is 166 g/mol. The van der Waals surface area contributed by atoms with Gasteiger partial charge >= 0.3 is 0 Å². The zero-order valence-corrected chi connectivity index (χ0v) is 8.13. The van der Waals surface area contributed by atoms with Gasteiger partial charge in [-0.15, -0.1) is 0 Å². The maximum absolute atomic E-state index is 5.43. The van der Waals surface area contributed by atoms with Crippen LogP contribution in [0.15, 0.2) is 12.2 Å². The minimum absolute atomic E-state index is 0.521. The van der Waals surface area contributed by atoms with E-state index in [4.69, 9.17) is 4.74 Å². The third-order valence-electron chi connectivity index (χ3n) is 3.11. The lowest BCUT2D eigenvalue weighted by Crippen LogP contribution is -2.18. The Kier molecular flexibility index (Phi) is 1.69. The molecule has 2 bridgehead atoms. The molecule has 0 aliphatic heterocycles. The van der Waals surface area contributed by atoms with Crippen LogP contribution in [0.25, 0.3) is 0 Å². The summed E-state index contributed by atoms with van der Waals surface area (Å²) < 4.78 is 5.43. The standard InChI is InChI=1S/C9H14OSi/c1-10-8-6-9(11-2)4-3-7(8)5-9/h3-4,7-8H,5-6H2,1-2H3. The van der Waals surface area contributed by atoms with Gasteiger partial charge in [-0.2, -0.15) is 0 Å². The Hall–Kier alpha value is -0.0831. The van der Waals surface area contributed by atoms with Crippen LogP contribution in [0.4, 0.5) is 0 Å². The van der Waals surface area contributed by atoms with Crippen molar-refractivity contribution in [1.82, 2.24) is 0 Å². The molecule has 1 saturated carbocycles. The summed E-state index contributed by atoms with van der Waals surface area (Å²) >= 11 is 0. The molecular formula is C9H14OSi. The average Bonchev–Trinajstić information content (AvgIpc) is 2.61. The van der Waals surface area contributed by atoms with Gasteiger partial charge in [-0.1, -0.05) is 18.7 Å². The molecule has 11 heavy (non-hydrogen) atoms. The molecule has 2 aliphatic rings. The Bertz CT molecular complexity index is 190. The highest BCUT2D eigenvalue weighted by molar-refractivity contribution is 6.39. The second-order valence-corrected chi connectivity index (χ2v) is 5.11. The molecule has 60 valence electrons. The maximum atomic E-state index is 5.43. The number of fused-ring (bicyclic) bond motifs is 2. The fourth-order valence-corrected chi connectivity index (χ4v) is 3.44. The molecule has 0 aromatic carbocycles. The predicted octanol–water partition coefficient (Wildman–Crippen LogP) is 1.89. The molecule has 0 N–H and O–H groups in total. The molecule has 0 spiro atoms. The fourth-order valence-electron chi connectivity index (χ4n) is 2.33. The van der Waals surface area contributed by atoms with Crippen LogP contribution < -0.4 is 0 Å². The first-order chi connectivity index (χ1) is 5.29. The van der Waals surface area contributed by atoms with Crippen LogP contribution in [0, 0.1) is 5.92 Å². The number of ether oxygens (including phenoxy) is 1. The number of hydrogen-bond donors (Lipinski definition) is 0. The van der Waals surface area contributed by atoms with Crippen LogP contribution in [-0.2, 0) is 4.74 Å². The van der Waals surface area contributed by atoms with E-state index in [2.05, 4.69) is 18.7 Å². The van der Waals surface area contributed by atoms with Gasteiger partial charge in [0.25, 0.3) is 0 Å². The molecule has 2 rings (SSSR count). The lowest BCUT2D eigenvalue weighted by atomic mass is 10.0. The van der Waals surface area contributed by atoms with E-state index in [1.807, 2.05) is 7.11 Å². The molecule has 1 nitrogen and oxygen atoms in total. The molecule has 2 radical (unpaired) electrons. The number of allylic oxidation sites excluding steroid dienone is 1. The predicted molar refractivity (Wildman–Crippen MR) is 47.0 cm³/mol. The Labute approximate surface area is 70.6 Å². The third-order valence-corrected chi connectivity index (χ3v) is 4.68. The lowest BCUT2D eigenvalue weighted by Gasteiger charge is -2.23. The van der Waals surface area contributed by atoms with Crippen LogP contribution in [-0.4, -0.2) is 22.7 Å². The van der Waals surface area contributed by atoms with Gasteiger partial charge in [-0.25, -0.2) is 0 Å². The van der Waals surface area contributed by atoms with Crippen molar-refractivity contribution >= 4 is 9.52 Å². The Morgan fingerprint density at radius 1 is 1.55 bits per heavy atom. The van der Waals surface area contributed by atoms with E-state index in [0.29, 0.717) is 11.1 Å². The molecule has 0 aromatic rings. The van der Waals surface area contributed by atoms with E-state index in [9.17, 15) is 0 Å². The second-order valence-electron chi connectivity index (χ2n) is 3.61. The highest BCUT2D eigenvalue weighted by atomic mass is 28.2. The quantitative estimate of drug-likeness (QED) is 0.449. The van der Waals surface area contributed by atoms with Crippen LogP contribution in [0.5, 0.6) is 0 Å². The normalized spacial score (nSPS) is 47.1. The first-order valence-electron chi connectivity index (χ1n) is 4.21. The van der Waals surface area contributed by atoms with Gasteiger partial charge in [0, 0.05) is 22.5 Å². The highest BCUT2D eigenvalue weighted by Gasteiger charge is 2.45. The minimum atomic E-state index is 0.521. The Balaban J connectivity index is 2.16. The summed E-state index contributed by atoms with van der Waals surface area (Å²) in [4.78, 5) is 0. The molecule has 0 aromatic heterocycles. The number of rotatable bonds is 2. The first kappa shape index (κ1) is 7.56. The zero-order chi connectivity index (χ0) is 7.90. The second kappa shape index (κ2) is 2.46. The summed E-state index contributed by atoms with van der Waals surface area (Å²) in [6.45, 7) is 2.31. The van der Waals surface area contributed by atoms with Gasteiger partial charge in [0.15, 0.2) is 0 Å². The van der Waals surface area contributed by atoms with Crippen molar-refractivity contribution in [2.45, 2.75) is 30.5 Å². The van der Waals surface area contributed by atoms with Gasteiger partial charge in [0.05, 0.1) is 6.10 Å². The third kappa shape index (κ3) is 1.00. The van der Waals surface area contributed by atoms with Gasteiger partial charge in [-0.3, -0.25) is 0 Å². The summed E-state index contributed by atoms with van der Waals surface area (Å²) in [5.41, 5.74) is 0. The van der Waals surface area contributed by atoms with Gasteiger partial charge in [0.2, 0.25) is 0 Å². The molecule has 1 fully saturated rings. The van der Waals surface area contributed by atoms with Crippen molar-refractivity contribution in [3.05, 3.63) is 12.2 Å². The van der Waals surface area contributed by atoms with Gasteiger partial charge in [0.1, 0.15) is 0 Å². The fraction of sp³-hybridized carbons (Fsp3) is 0.778. The summed E-state index contributed by atoms with van der Waals surface area (Å²) in [5.74, 6) is 0.729. The van der Waals surface area contributed by atoms with Crippen LogP contribution >= 0.6 is 0 Å². The van der Waals surface area contributed by atoms with Crippen molar-refractivity contribution in [1.29, 1.82) is 0 Å². The topological polar surface area (TPSA) is 9.23 Å². The van der Waals surface area contributed by atoms with Gasteiger partial charge < -0.3 is 4.74 Å². The number of hydrogen-bond acceptors (Lipinski definition) is 1. The molecule has 0 saturated heterocycles. The van der Waals surface area contributed by atoms with E-state index >= 15 is 0 Å². The van der Waals surface area contributed by atoms with E-state index in [1.54, 1.807) is 0 Å². The zero-order valence-electron chi connectivity index (χ0n) is 7.13.